The molecular weight excluding hydrogens is 308 g/mol. The second kappa shape index (κ2) is 7.59. The monoisotopic (exact) mass is 336 g/mol. The Morgan fingerprint density at radius 3 is 2.68 bits per heavy atom. The highest BCUT2D eigenvalue weighted by molar-refractivity contribution is 5.33. The van der Waals surface area contributed by atoms with E-state index in [0.717, 1.165) is 18.3 Å². The zero-order chi connectivity index (χ0) is 17.1. The average Bonchev–Trinajstić information content (AvgIpc) is 3.05. The lowest BCUT2D eigenvalue weighted by Gasteiger charge is -2.35. The molecule has 2 heterocycles. The first-order valence-corrected chi connectivity index (χ1v) is 9.53. The third-order valence-corrected chi connectivity index (χ3v) is 5.83. The van der Waals surface area contributed by atoms with Crippen molar-refractivity contribution in [2.24, 2.45) is 0 Å². The number of para-hydroxylation sites is 1. The van der Waals surface area contributed by atoms with E-state index in [9.17, 15) is 0 Å². The van der Waals surface area contributed by atoms with Crippen molar-refractivity contribution >= 4 is 0 Å². The van der Waals surface area contributed by atoms with Crippen LogP contribution in [-0.4, -0.2) is 30.6 Å². The normalized spacial score (nSPS) is 26.4. The van der Waals surface area contributed by atoms with E-state index < -0.39 is 0 Å². The Morgan fingerprint density at radius 2 is 1.84 bits per heavy atom. The van der Waals surface area contributed by atoms with Crippen LogP contribution in [-0.2, 0) is 6.54 Å². The van der Waals surface area contributed by atoms with Crippen LogP contribution in [0.5, 0.6) is 5.75 Å². The molecule has 2 saturated heterocycles. The van der Waals surface area contributed by atoms with Crippen LogP contribution in [0.3, 0.4) is 0 Å². The molecule has 25 heavy (non-hydrogen) atoms. The van der Waals surface area contributed by atoms with Crippen molar-refractivity contribution in [3.63, 3.8) is 0 Å². The van der Waals surface area contributed by atoms with E-state index in [0.29, 0.717) is 12.1 Å². The minimum atomic E-state index is 0.487. The first kappa shape index (κ1) is 16.6. The van der Waals surface area contributed by atoms with Gasteiger partial charge >= 0.3 is 0 Å². The van der Waals surface area contributed by atoms with Gasteiger partial charge in [-0.3, -0.25) is 4.90 Å². The first-order valence-electron chi connectivity index (χ1n) is 9.53. The van der Waals surface area contributed by atoms with Crippen LogP contribution in [0.1, 0.15) is 42.9 Å². The van der Waals surface area contributed by atoms with Gasteiger partial charge in [-0.25, -0.2) is 0 Å². The highest BCUT2D eigenvalue weighted by atomic mass is 16.5. The van der Waals surface area contributed by atoms with Gasteiger partial charge < -0.3 is 10.1 Å². The molecule has 0 bridgehead atoms. The number of rotatable bonds is 5. The molecule has 4 rings (SSSR count). The predicted octanol–water partition coefficient (Wildman–Crippen LogP) is 4.15. The molecule has 3 atom stereocenters. The molecule has 3 nitrogen and oxygen atoms in total. The summed E-state index contributed by atoms with van der Waals surface area (Å²) in [5.41, 5.74) is 2.69. The minimum Gasteiger partial charge on any atom is -0.496 e. The molecule has 2 aliphatic heterocycles. The van der Waals surface area contributed by atoms with Gasteiger partial charge in [0.15, 0.2) is 0 Å². The average molecular weight is 336 g/mol. The number of methoxy groups -OCH3 is 1. The van der Waals surface area contributed by atoms with Crippen molar-refractivity contribution < 1.29 is 4.74 Å². The van der Waals surface area contributed by atoms with Gasteiger partial charge in [0, 0.05) is 24.2 Å². The number of nitrogens with one attached hydrogen (secondary N) is 1. The third-order valence-electron chi connectivity index (χ3n) is 5.83. The summed E-state index contributed by atoms with van der Waals surface area (Å²) in [4.78, 5) is 2.75. The fourth-order valence-electron chi connectivity index (χ4n) is 4.65. The third kappa shape index (κ3) is 3.44. The van der Waals surface area contributed by atoms with Crippen molar-refractivity contribution in [3.8, 4) is 5.75 Å². The summed E-state index contributed by atoms with van der Waals surface area (Å²) in [6.07, 6.45) is 5.30. The molecule has 0 amide bonds. The number of benzene rings is 2. The Hall–Kier alpha value is -1.84. The fourth-order valence-corrected chi connectivity index (χ4v) is 4.65. The molecule has 132 valence electrons. The molecule has 0 radical (unpaired) electrons. The van der Waals surface area contributed by atoms with E-state index in [4.69, 9.17) is 4.74 Å². The quantitative estimate of drug-likeness (QED) is 0.887. The van der Waals surface area contributed by atoms with Crippen LogP contribution in [0.25, 0.3) is 0 Å². The van der Waals surface area contributed by atoms with Gasteiger partial charge in [-0.2, -0.15) is 0 Å². The first-order chi connectivity index (χ1) is 12.4. The smallest absolute Gasteiger partial charge is 0.123 e. The SMILES string of the molecule is COc1ccccc1CN[C@H]1C[C@H]2CCCCN2[C@H]1c1ccccc1. The summed E-state index contributed by atoms with van der Waals surface area (Å²) < 4.78 is 5.52. The Morgan fingerprint density at radius 1 is 1.04 bits per heavy atom. The number of nitrogens with zero attached hydrogens (tertiary/aromatic N) is 1. The Balaban J connectivity index is 1.54. The lowest BCUT2D eigenvalue weighted by molar-refractivity contribution is 0.144. The topological polar surface area (TPSA) is 24.5 Å². The number of hydrogen-bond donors (Lipinski definition) is 1. The fraction of sp³-hybridized carbons (Fsp3) is 0.455. The second-order valence-corrected chi connectivity index (χ2v) is 7.28. The van der Waals surface area contributed by atoms with Crippen molar-refractivity contribution in [2.45, 2.75) is 50.4 Å². The molecule has 3 heteroatoms. The van der Waals surface area contributed by atoms with E-state index in [-0.39, 0.29) is 0 Å². The van der Waals surface area contributed by atoms with Crippen molar-refractivity contribution in [3.05, 3.63) is 65.7 Å². The molecule has 2 aromatic rings. The van der Waals surface area contributed by atoms with Crippen LogP contribution < -0.4 is 10.1 Å². The van der Waals surface area contributed by atoms with E-state index >= 15 is 0 Å². The maximum atomic E-state index is 5.52. The predicted molar refractivity (Wildman–Crippen MR) is 102 cm³/mol. The summed E-state index contributed by atoms with van der Waals surface area (Å²) in [6.45, 7) is 2.09. The summed E-state index contributed by atoms with van der Waals surface area (Å²) in [5.74, 6) is 0.974. The molecule has 0 unspecified atom stereocenters. The van der Waals surface area contributed by atoms with Gasteiger partial charge in [-0.1, -0.05) is 55.0 Å². The van der Waals surface area contributed by atoms with Crippen LogP contribution in [0.15, 0.2) is 54.6 Å². The summed E-state index contributed by atoms with van der Waals surface area (Å²) in [7, 11) is 1.75. The summed E-state index contributed by atoms with van der Waals surface area (Å²) in [6, 6.07) is 21.1. The van der Waals surface area contributed by atoms with Crippen molar-refractivity contribution in [2.75, 3.05) is 13.7 Å². The number of piperidine rings is 1. The Kier molecular flexibility index (Phi) is 5.04. The molecule has 2 aromatic carbocycles. The number of hydrogen-bond acceptors (Lipinski definition) is 3. The van der Waals surface area contributed by atoms with Gasteiger partial charge in [0.25, 0.3) is 0 Å². The molecule has 0 aromatic heterocycles. The minimum absolute atomic E-state index is 0.487. The van der Waals surface area contributed by atoms with E-state index in [1.165, 1.54) is 43.4 Å². The summed E-state index contributed by atoms with van der Waals surface area (Å²) in [5, 5.41) is 3.86. The zero-order valence-electron chi connectivity index (χ0n) is 15.0. The molecule has 2 fully saturated rings. The number of ether oxygens (including phenoxy) is 1. The largest absolute Gasteiger partial charge is 0.496 e. The maximum absolute atomic E-state index is 5.52. The van der Waals surface area contributed by atoms with Gasteiger partial charge in [-0.15, -0.1) is 0 Å². The molecular formula is C22H28N2O. The highest BCUT2D eigenvalue weighted by Crippen LogP contribution is 2.40. The van der Waals surface area contributed by atoms with E-state index in [1.807, 2.05) is 12.1 Å². The highest BCUT2D eigenvalue weighted by Gasteiger charge is 2.42. The molecule has 0 aliphatic carbocycles. The van der Waals surface area contributed by atoms with Gasteiger partial charge in [0.1, 0.15) is 5.75 Å². The molecule has 0 spiro atoms. The molecule has 2 aliphatic rings. The maximum Gasteiger partial charge on any atom is 0.123 e. The standard InChI is InChI=1S/C22H28N2O/c1-25-21-13-6-5-11-18(21)16-23-20-15-19-12-7-8-14-24(19)22(20)17-9-3-2-4-10-17/h2-6,9-11,13,19-20,22-23H,7-8,12,14-16H2,1H3/t19-,20+,22+/m1/s1. The van der Waals surface area contributed by atoms with Crippen molar-refractivity contribution in [1.29, 1.82) is 0 Å². The van der Waals surface area contributed by atoms with E-state index in [2.05, 4.69) is 52.7 Å². The lowest BCUT2D eigenvalue weighted by Crippen LogP contribution is -2.39. The van der Waals surface area contributed by atoms with Crippen LogP contribution in [0.4, 0.5) is 0 Å². The number of fused-ring (bicyclic) bond motifs is 1. The second-order valence-electron chi connectivity index (χ2n) is 7.28. The van der Waals surface area contributed by atoms with Gasteiger partial charge in [0.05, 0.1) is 13.2 Å². The van der Waals surface area contributed by atoms with E-state index in [1.54, 1.807) is 7.11 Å². The lowest BCUT2D eigenvalue weighted by atomic mass is 9.99. The molecule has 0 saturated carbocycles. The van der Waals surface area contributed by atoms with Gasteiger partial charge in [0.2, 0.25) is 0 Å². The summed E-state index contributed by atoms with van der Waals surface area (Å²) >= 11 is 0. The Labute approximate surface area is 151 Å². The van der Waals surface area contributed by atoms with Crippen LogP contribution in [0, 0.1) is 0 Å². The van der Waals surface area contributed by atoms with Crippen LogP contribution >= 0.6 is 0 Å². The van der Waals surface area contributed by atoms with Gasteiger partial charge in [-0.05, 0) is 37.4 Å². The zero-order valence-corrected chi connectivity index (χ0v) is 15.0. The van der Waals surface area contributed by atoms with Crippen LogP contribution in [0.2, 0.25) is 0 Å². The Bertz CT molecular complexity index is 687. The molecule has 1 N–H and O–H groups in total. The van der Waals surface area contributed by atoms with Crippen molar-refractivity contribution in [1.82, 2.24) is 10.2 Å².